The monoisotopic (exact) mass is 313 g/mol. The molecule has 0 unspecified atom stereocenters. The van der Waals surface area contributed by atoms with Crippen molar-refractivity contribution in [2.45, 2.75) is 26.2 Å². The molecule has 0 radical (unpaired) electrons. The number of benzene rings is 1. The summed E-state index contributed by atoms with van der Waals surface area (Å²) in [5.74, 6) is 1.39. The van der Waals surface area contributed by atoms with Crippen LogP contribution in [0, 0.1) is 0 Å². The fourth-order valence-corrected chi connectivity index (χ4v) is 2.78. The Balaban J connectivity index is 2.37. The first kappa shape index (κ1) is 17.3. The zero-order valence-electron chi connectivity index (χ0n) is 14.6. The average Bonchev–Trinajstić information content (AvgIpc) is 2.54. The van der Waals surface area contributed by atoms with Gasteiger partial charge in [-0.2, -0.15) is 0 Å². The number of nitrogens with two attached hydrogens (primary N) is 1. The minimum atomic E-state index is 0.526. The zero-order valence-corrected chi connectivity index (χ0v) is 14.6. The number of nitrogen functional groups attached to an aromatic ring is 1. The Hall–Kier alpha value is -2.07. The summed E-state index contributed by atoms with van der Waals surface area (Å²) in [4.78, 5) is 6.65. The van der Waals surface area contributed by atoms with Crippen LogP contribution in [0.4, 0.5) is 5.82 Å². The van der Waals surface area contributed by atoms with Gasteiger partial charge in [0, 0.05) is 5.56 Å². The van der Waals surface area contributed by atoms with E-state index in [-0.39, 0.29) is 0 Å². The van der Waals surface area contributed by atoms with Crippen molar-refractivity contribution < 1.29 is 4.74 Å². The van der Waals surface area contributed by atoms with Crippen molar-refractivity contribution in [3.05, 3.63) is 41.5 Å². The van der Waals surface area contributed by atoms with Crippen molar-refractivity contribution in [3.8, 4) is 17.0 Å². The average molecular weight is 313 g/mol. The quantitative estimate of drug-likeness (QED) is 0.851. The SMILES string of the molecule is CCc1cc(-c2cccc(N)n2)c(OC)cc1CCCN(C)C. The molecule has 0 fully saturated rings. The number of aromatic nitrogens is 1. The predicted octanol–water partition coefficient (Wildman–Crippen LogP) is 3.40. The lowest BCUT2D eigenvalue weighted by Gasteiger charge is -2.16. The number of aryl methyl sites for hydroxylation is 2. The summed E-state index contributed by atoms with van der Waals surface area (Å²) in [6.07, 6.45) is 3.19. The molecule has 23 heavy (non-hydrogen) atoms. The third kappa shape index (κ3) is 4.45. The van der Waals surface area contributed by atoms with E-state index in [0.29, 0.717) is 5.82 Å². The van der Waals surface area contributed by atoms with E-state index in [4.69, 9.17) is 10.5 Å². The molecular formula is C19H27N3O. The minimum absolute atomic E-state index is 0.526. The van der Waals surface area contributed by atoms with Crippen molar-refractivity contribution >= 4 is 5.82 Å². The summed E-state index contributed by atoms with van der Waals surface area (Å²) < 4.78 is 5.62. The normalized spacial score (nSPS) is 11.0. The Kier molecular flexibility index (Phi) is 5.99. The third-order valence-corrected chi connectivity index (χ3v) is 4.00. The highest BCUT2D eigenvalue weighted by atomic mass is 16.5. The van der Waals surface area contributed by atoms with E-state index in [2.05, 4.69) is 43.0 Å². The number of nitrogens with zero attached hydrogens (tertiary/aromatic N) is 2. The first-order valence-corrected chi connectivity index (χ1v) is 8.12. The lowest BCUT2D eigenvalue weighted by Crippen LogP contribution is -2.13. The van der Waals surface area contributed by atoms with Gasteiger partial charge in [-0.15, -0.1) is 0 Å². The summed E-state index contributed by atoms with van der Waals surface area (Å²) in [5, 5.41) is 0. The summed E-state index contributed by atoms with van der Waals surface area (Å²) in [5.41, 5.74) is 10.4. The second-order valence-corrected chi connectivity index (χ2v) is 6.03. The molecular weight excluding hydrogens is 286 g/mol. The van der Waals surface area contributed by atoms with Crippen LogP contribution in [0.1, 0.15) is 24.5 Å². The van der Waals surface area contributed by atoms with Crippen LogP contribution >= 0.6 is 0 Å². The van der Waals surface area contributed by atoms with Gasteiger partial charge in [0.1, 0.15) is 11.6 Å². The molecule has 0 saturated heterocycles. The summed E-state index contributed by atoms with van der Waals surface area (Å²) in [7, 11) is 5.92. The maximum absolute atomic E-state index is 5.83. The van der Waals surface area contributed by atoms with Crippen molar-refractivity contribution in [1.29, 1.82) is 0 Å². The van der Waals surface area contributed by atoms with Crippen LogP contribution in [0.5, 0.6) is 5.75 Å². The Morgan fingerprint density at radius 2 is 1.96 bits per heavy atom. The minimum Gasteiger partial charge on any atom is -0.496 e. The molecule has 4 heteroatoms. The van der Waals surface area contributed by atoms with Crippen LogP contribution in [0.25, 0.3) is 11.3 Å². The number of pyridine rings is 1. The molecule has 0 spiro atoms. The van der Waals surface area contributed by atoms with E-state index in [1.807, 2.05) is 12.1 Å². The van der Waals surface area contributed by atoms with Gasteiger partial charge >= 0.3 is 0 Å². The van der Waals surface area contributed by atoms with Crippen LogP contribution in [-0.4, -0.2) is 37.6 Å². The van der Waals surface area contributed by atoms with Gasteiger partial charge in [-0.1, -0.05) is 13.0 Å². The highest BCUT2D eigenvalue weighted by molar-refractivity contribution is 5.70. The topological polar surface area (TPSA) is 51.4 Å². The number of ether oxygens (including phenoxy) is 1. The standard InChI is InChI=1S/C19H27N3O/c1-5-14-12-16(17-9-6-10-19(20)21-17)18(23-4)13-15(14)8-7-11-22(2)3/h6,9-10,12-13H,5,7-8,11H2,1-4H3,(H2,20,21). The number of anilines is 1. The molecule has 0 aliphatic heterocycles. The molecule has 0 amide bonds. The van der Waals surface area contributed by atoms with Crippen LogP contribution in [0.15, 0.2) is 30.3 Å². The molecule has 1 aromatic heterocycles. The van der Waals surface area contributed by atoms with Gasteiger partial charge in [-0.05, 0) is 75.3 Å². The number of rotatable bonds is 7. The molecule has 0 atom stereocenters. The third-order valence-electron chi connectivity index (χ3n) is 4.00. The van der Waals surface area contributed by atoms with Crippen LogP contribution < -0.4 is 10.5 Å². The summed E-state index contributed by atoms with van der Waals surface area (Å²) in [6, 6.07) is 10.1. The van der Waals surface area contributed by atoms with Gasteiger partial charge in [0.2, 0.25) is 0 Å². The molecule has 124 valence electrons. The lowest BCUT2D eigenvalue weighted by atomic mass is 9.96. The molecule has 0 aliphatic carbocycles. The van der Waals surface area contributed by atoms with Crippen LogP contribution in [0.3, 0.4) is 0 Å². The van der Waals surface area contributed by atoms with E-state index < -0.39 is 0 Å². The molecule has 4 nitrogen and oxygen atoms in total. The van der Waals surface area contributed by atoms with Gasteiger partial charge in [-0.3, -0.25) is 0 Å². The van der Waals surface area contributed by atoms with Gasteiger partial charge < -0.3 is 15.4 Å². The van der Waals surface area contributed by atoms with Crippen molar-refractivity contribution in [2.75, 3.05) is 33.5 Å². The highest BCUT2D eigenvalue weighted by Crippen LogP contribution is 2.33. The maximum atomic E-state index is 5.83. The van der Waals surface area contributed by atoms with E-state index in [1.165, 1.54) is 11.1 Å². The van der Waals surface area contributed by atoms with E-state index in [1.54, 1.807) is 13.2 Å². The molecule has 0 aliphatic rings. The Morgan fingerprint density at radius 1 is 1.17 bits per heavy atom. The zero-order chi connectivity index (χ0) is 16.8. The molecule has 0 saturated carbocycles. The Morgan fingerprint density at radius 3 is 2.57 bits per heavy atom. The first-order chi connectivity index (χ1) is 11.0. The maximum Gasteiger partial charge on any atom is 0.128 e. The molecule has 2 N–H and O–H groups in total. The van der Waals surface area contributed by atoms with Gasteiger partial charge in [0.25, 0.3) is 0 Å². The summed E-state index contributed by atoms with van der Waals surface area (Å²) >= 11 is 0. The Bertz CT molecular complexity index is 653. The molecule has 2 aromatic rings. The smallest absolute Gasteiger partial charge is 0.128 e. The number of methoxy groups -OCH3 is 1. The van der Waals surface area contributed by atoms with Crippen molar-refractivity contribution in [1.82, 2.24) is 9.88 Å². The van der Waals surface area contributed by atoms with E-state index in [9.17, 15) is 0 Å². The van der Waals surface area contributed by atoms with E-state index >= 15 is 0 Å². The van der Waals surface area contributed by atoms with Gasteiger partial charge in [0.05, 0.1) is 12.8 Å². The largest absolute Gasteiger partial charge is 0.496 e. The first-order valence-electron chi connectivity index (χ1n) is 8.12. The number of hydrogen-bond donors (Lipinski definition) is 1. The molecule has 1 aromatic carbocycles. The van der Waals surface area contributed by atoms with Crippen LogP contribution in [-0.2, 0) is 12.8 Å². The van der Waals surface area contributed by atoms with Crippen LogP contribution in [0.2, 0.25) is 0 Å². The van der Waals surface area contributed by atoms with Crippen molar-refractivity contribution in [3.63, 3.8) is 0 Å². The second-order valence-electron chi connectivity index (χ2n) is 6.03. The second kappa shape index (κ2) is 7.97. The molecule has 0 bridgehead atoms. The predicted molar refractivity (Wildman–Crippen MR) is 96.9 cm³/mol. The van der Waals surface area contributed by atoms with E-state index in [0.717, 1.165) is 42.8 Å². The number of hydrogen-bond acceptors (Lipinski definition) is 4. The lowest BCUT2D eigenvalue weighted by molar-refractivity contribution is 0.399. The van der Waals surface area contributed by atoms with Gasteiger partial charge in [-0.25, -0.2) is 4.98 Å². The molecule has 1 heterocycles. The molecule has 2 rings (SSSR count). The summed E-state index contributed by atoms with van der Waals surface area (Å²) in [6.45, 7) is 3.28. The fraction of sp³-hybridized carbons (Fsp3) is 0.421. The Labute approximate surface area is 139 Å². The van der Waals surface area contributed by atoms with Crippen molar-refractivity contribution in [2.24, 2.45) is 0 Å². The fourth-order valence-electron chi connectivity index (χ4n) is 2.78. The highest BCUT2D eigenvalue weighted by Gasteiger charge is 2.12. The van der Waals surface area contributed by atoms with Gasteiger partial charge in [0.15, 0.2) is 0 Å².